The number of aromatic hydroxyl groups is 1. The van der Waals surface area contributed by atoms with E-state index < -0.39 is 16.9 Å². The zero-order chi connectivity index (χ0) is 13.0. The van der Waals surface area contributed by atoms with Gasteiger partial charge in [-0.25, -0.2) is 0 Å². The Kier molecular flexibility index (Phi) is 4.00. The molecule has 1 aromatic carbocycles. The number of ether oxygens (including phenoxy) is 1. The molecular formula is C10H12N2O5. The van der Waals surface area contributed by atoms with Crippen molar-refractivity contribution in [1.82, 2.24) is 0 Å². The summed E-state index contributed by atoms with van der Waals surface area (Å²) >= 11 is 0. The predicted octanol–water partition coefficient (Wildman–Crippen LogP) is 1.27. The van der Waals surface area contributed by atoms with Gasteiger partial charge < -0.3 is 15.2 Å². The second kappa shape index (κ2) is 5.26. The average Bonchev–Trinajstić information content (AvgIpc) is 2.30. The van der Waals surface area contributed by atoms with E-state index in [2.05, 4.69) is 5.32 Å². The van der Waals surface area contributed by atoms with Crippen molar-refractivity contribution in [2.45, 2.75) is 13.0 Å². The van der Waals surface area contributed by atoms with Crippen LogP contribution in [0.25, 0.3) is 0 Å². The minimum Gasteiger partial charge on any atom is -0.506 e. The van der Waals surface area contributed by atoms with Gasteiger partial charge in [-0.1, -0.05) is 0 Å². The van der Waals surface area contributed by atoms with Crippen LogP contribution in [0.5, 0.6) is 5.75 Å². The Morgan fingerprint density at radius 1 is 1.59 bits per heavy atom. The van der Waals surface area contributed by atoms with Gasteiger partial charge in [-0.2, -0.15) is 0 Å². The van der Waals surface area contributed by atoms with Crippen LogP contribution in [0, 0.1) is 10.1 Å². The summed E-state index contributed by atoms with van der Waals surface area (Å²) in [5.41, 5.74) is -0.240. The van der Waals surface area contributed by atoms with Crippen LogP contribution in [-0.4, -0.2) is 29.2 Å². The van der Waals surface area contributed by atoms with Crippen LogP contribution in [-0.2, 0) is 9.53 Å². The number of amides is 1. The van der Waals surface area contributed by atoms with E-state index in [0.29, 0.717) is 0 Å². The Labute approximate surface area is 97.2 Å². The Morgan fingerprint density at radius 3 is 2.76 bits per heavy atom. The summed E-state index contributed by atoms with van der Waals surface area (Å²) < 4.78 is 4.77. The lowest BCUT2D eigenvalue weighted by Crippen LogP contribution is -2.26. The number of nitro benzene ring substituents is 1. The lowest BCUT2D eigenvalue weighted by Gasteiger charge is -2.11. The Balaban J connectivity index is 2.94. The molecule has 1 rings (SSSR count). The SMILES string of the molecule is CO[C@@H](C)C(=O)Nc1cc([N+](=O)[O-])ccc1O. The molecule has 0 aromatic heterocycles. The third-order valence-corrected chi connectivity index (χ3v) is 2.17. The fraction of sp³-hybridized carbons (Fsp3) is 0.300. The van der Waals surface area contributed by atoms with E-state index in [0.717, 1.165) is 18.2 Å². The van der Waals surface area contributed by atoms with Crippen LogP contribution < -0.4 is 5.32 Å². The number of non-ortho nitro benzene ring substituents is 1. The quantitative estimate of drug-likeness (QED) is 0.468. The van der Waals surface area contributed by atoms with E-state index in [1.165, 1.54) is 14.0 Å². The summed E-state index contributed by atoms with van der Waals surface area (Å²) in [6.45, 7) is 1.52. The molecule has 0 radical (unpaired) electrons. The number of benzene rings is 1. The Morgan fingerprint density at radius 2 is 2.24 bits per heavy atom. The first-order valence-electron chi connectivity index (χ1n) is 4.76. The van der Waals surface area contributed by atoms with Gasteiger partial charge in [0, 0.05) is 19.2 Å². The van der Waals surface area contributed by atoms with Gasteiger partial charge in [0.2, 0.25) is 0 Å². The summed E-state index contributed by atoms with van der Waals surface area (Å²) in [5, 5.41) is 22.3. The molecule has 92 valence electrons. The predicted molar refractivity (Wildman–Crippen MR) is 59.9 cm³/mol. The molecule has 0 fully saturated rings. The Bertz CT molecular complexity index is 446. The molecule has 17 heavy (non-hydrogen) atoms. The van der Waals surface area contributed by atoms with E-state index in [4.69, 9.17) is 4.74 Å². The largest absolute Gasteiger partial charge is 0.506 e. The van der Waals surface area contributed by atoms with Crippen LogP contribution in [0.15, 0.2) is 18.2 Å². The van der Waals surface area contributed by atoms with Gasteiger partial charge in [0.25, 0.3) is 11.6 Å². The summed E-state index contributed by atoms with van der Waals surface area (Å²) in [6, 6.07) is 3.37. The third-order valence-electron chi connectivity index (χ3n) is 2.17. The van der Waals surface area contributed by atoms with Gasteiger partial charge in [0.15, 0.2) is 0 Å². The van der Waals surface area contributed by atoms with Crippen molar-refractivity contribution in [3.63, 3.8) is 0 Å². The fourth-order valence-corrected chi connectivity index (χ4v) is 1.08. The summed E-state index contributed by atoms with van der Waals surface area (Å²) in [5.74, 6) is -0.740. The highest BCUT2D eigenvalue weighted by Gasteiger charge is 2.16. The number of nitrogens with one attached hydrogen (secondary N) is 1. The molecule has 0 spiro atoms. The van der Waals surface area contributed by atoms with Gasteiger partial charge in [0.05, 0.1) is 10.6 Å². The van der Waals surface area contributed by atoms with Crippen LogP contribution in [0.1, 0.15) is 6.92 Å². The summed E-state index contributed by atoms with van der Waals surface area (Å²) in [7, 11) is 1.36. The fourth-order valence-electron chi connectivity index (χ4n) is 1.08. The maximum atomic E-state index is 11.5. The molecule has 0 saturated carbocycles. The van der Waals surface area contributed by atoms with E-state index in [-0.39, 0.29) is 17.1 Å². The first-order valence-corrected chi connectivity index (χ1v) is 4.76. The summed E-state index contributed by atoms with van der Waals surface area (Å²) in [6.07, 6.45) is -0.714. The molecule has 1 atom stereocenters. The van der Waals surface area contributed by atoms with Crippen LogP contribution >= 0.6 is 0 Å². The smallest absolute Gasteiger partial charge is 0.271 e. The highest BCUT2D eigenvalue weighted by Crippen LogP contribution is 2.27. The molecule has 0 heterocycles. The zero-order valence-corrected chi connectivity index (χ0v) is 9.34. The molecular weight excluding hydrogens is 228 g/mol. The maximum absolute atomic E-state index is 11.5. The standard InChI is InChI=1S/C10H12N2O5/c1-6(17-2)10(14)11-8-5-7(12(15)16)3-4-9(8)13/h3-6,13H,1-2H3,(H,11,14)/t6-/m0/s1. The van der Waals surface area contributed by atoms with Gasteiger partial charge in [0.1, 0.15) is 11.9 Å². The molecule has 0 saturated heterocycles. The number of phenolic OH excluding ortho intramolecular Hbond substituents is 1. The topological polar surface area (TPSA) is 102 Å². The number of carbonyl (C=O) groups is 1. The van der Waals surface area contributed by atoms with E-state index >= 15 is 0 Å². The van der Waals surface area contributed by atoms with Crippen LogP contribution in [0.4, 0.5) is 11.4 Å². The van der Waals surface area contributed by atoms with Gasteiger partial charge >= 0.3 is 0 Å². The lowest BCUT2D eigenvalue weighted by molar-refractivity contribution is -0.384. The normalized spacial score (nSPS) is 11.9. The van der Waals surface area contributed by atoms with Crippen molar-refractivity contribution >= 4 is 17.3 Å². The van der Waals surface area contributed by atoms with Crippen molar-refractivity contribution in [2.75, 3.05) is 12.4 Å². The monoisotopic (exact) mass is 240 g/mol. The molecule has 0 unspecified atom stereocenters. The van der Waals surface area contributed by atoms with Gasteiger partial charge in [-0.3, -0.25) is 14.9 Å². The molecule has 1 aromatic rings. The average molecular weight is 240 g/mol. The van der Waals surface area contributed by atoms with Gasteiger partial charge in [-0.15, -0.1) is 0 Å². The molecule has 0 aliphatic carbocycles. The van der Waals surface area contributed by atoms with Gasteiger partial charge in [-0.05, 0) is 13.0 Å². The second-order valence-electron chi connectivity index (χ2n) is 3.33. The molecule has 1 amide bonds. The van der Waals surface area contributed by atoms with Crippen molar-refractivity contribution in [2.24, 2.45) is 0 Å². The van der Waals surface area contributed by atoms with Crippen LogP contribution in [0.3, 0.4) is 0 Å². The maximum Gasteiger partial charge on any atom is 0.271 e. The highest BCUT2D eigenvalue weighted by molar-refractivity contribution is 5.95. The molecule has 0 aliphatic heterocycles. The highest BCUT2D eigenvalue weighted by atomic mass is 16.6. The minimum atomic E-state index is -0.714. The number of methoxy groups -OCH3 is 1. The number of phenols is 1. The number of nitrogens with zero attached hydrogens (tertiary/aromatic N) is 1. The summed E-state index contributed by atoms with van der Waals surface area (Å²) in [4.78, 5) is 21.4. The number of nitro groups is 1. The number of hydrogen-bond donors (Lipinski definition) is 2. The minimum absolute atomic E-state index is 0.0203. The van der Waals surface area contributed by atoms with Crippen LogP contribution in [0.2, 0.25) is 0 Å². The number of anilines is 1. The molecule has 7 heteroatoms. The molecule has 7 nitrogen and oxygen atoms in total. The molecule has 0 aliphatic rings. The molecule has 2 N–H and O–H groups in total. The zero-order valence-electron chi connectivity index (χ0n) is 9.34. The number of carbonyl (C=O) groups excluding carboxylic acids is 1. The first kappa shape index (κ1) is 12.9. The Hall–Kier alpha value is -2.15. The number of hydrogen-bond acceptors (Lipinski definition) is 5. The lowest BCUT2D eigenvalue weighted by atomic mass is 10.2. The first-order chi connectivity index (χ1) is 7.95. The third kappa shape index (κ3) is 3.15. The van der Waals surface area contributed by atoms with E-state index in [1.807, 2.05) is 0 Å². The van der Waals surface area contributed by atoms with E-state index in [1.54, 1.807) is 0 Å². The van der Waals surface area contributed by atoms with E-state index in [9.17, 15) is 20.0 Å². The molecule has 0 bridgehead atoms. The van der Waals surface area contributed by atoms with Crippen molar-refractivity contribution in [1.29, 1.82) is 0 Å². The van der Waals surface area contributed by atoms with Crippen molar-refractivity contribution < 1.29 is 19.6 Å². The second-order valence-corrected chi connectivity index (χ2v) is 3.33. The number of rotatable bonds is 4. The van der Waals surface area contributed by atoms with Crippen molar-refractivity contribution in [3.05, 3.63) is 28.3 Å². The van der Waals surface area contributed by atoms with Crippen molar-refractivity contribution in [3.8, 4) is 5.75 Å².